The molecule has 0 fully saturated rings. The Kier molecular flexibility index (Phi) is 7.49. The lowest BCUT2D eigenvalue weighted by atomic mass is 9.80. The summed E-state index contributed by atoms with van der Waals surface area (Å²) in [5.41, 5.74) is -0.380. The van der Waals surface area contributed by atoms with Gasteiger partial charge in [0.05, 0.1) is 5.41 Å². The predicted octanol–water partition coefficient (Wildman–Crippen LogP) is 6.91. The topological polar surface area (TPSA) is 26.3 Å². The van der Waals surface area contributed by atoms with Crippen LogP contribution in [0.3, 0.4) is 0 Å². The Balaban J connectivity index is 2.08. The van der Waals surface area contributed by atoms with E-state index in [1.807, 2.05) is 36.4 Å². The molecule has 0 N–H and O–H groups in total. The first kappa shape index (κ1) is 19.5. The normalized spacial score (nSPS) is 13.6. The van der Waals surface area contributed by atoms with Gasteiger partial charge in [0.15, 0.2) is 0 Å². The van der Waals surface area contributed by atoms with Crippen LogP contribution in [0.2, 0.25) is 0 Å². The third-order valence-electron chi connectivity index (χ3n) is 5.09. The van der Waals surface area contributed by atoms with Gasteiger partial charge in [-0.15, -0.1) is 0 Å². The number of carbonyl (C=O) groups is 1. The van der Waals surface area contributed by atoms with Gasteiger partial charge in [0.2, 0.25) is 0 Å². The molecule has 0 aliphatic heterocycles. The molecule has 1 atom stereocenters. The zero-order valence-corrected chi connectivity index (χ0v) is 16.0. The van der Waals surface area contributed by atoms with Crippen molar-refractivity contribution in [1.82, 2.24) is 0 Å². The van der Waals surface area contributed by atoms with Gasteiger partial charge in [0.1, 0.15) is 5.75 Å². The van der Waals surface area contributed by atoms with Crippen molar-refractivity contribution in [3.05, 3.63) is 42.5 Å². The standard InChI is InChI=1S/C23H32O2/c1-4-6-8-11-17-23(3,16-7-5-2)22(24)25-21-15-14-19-12-9-10-13-20(19)18-21/h9-10,12-15,18H,4-8,11,16-17H2,1-3H3. The molecule has 25 heavy (non-hydrogen) atoms. The quantitative estimate of drug-likeness (QED) is 0.267. The lowest BCUT2D eigenvalue weighted by molar-refractivity contribution is -0.146. The Morgan fingerprint density at radius 2 is 1.56 bits per heavy atom. The van der Waals surface area contributed by atoms with E-state index in [2.05, 4.69) is 26.8 Å². The molecule has 0 aliphatic rings. The highest BCUT2D eigenvalue weighted by molar-refractivity contribution is 5.85. The summed E-state index contributed by atoms with van der Waals surface area (Å²) in [5, 5.41) is 2.27. The molecule has 0 heterocycles. The maximum atomic E-state index is 12.9. The van der Waals surface area contributed by atoms with Gasteiger partial charge in [-0.3, -0.25) is 4.79 Å². The van der Waals surface area contributed by atoms with Gasteiger partial charge in [-0.1, -0.05) is 82.7 Å². The second-order valence-corrected chi connectivity index (χ2v) is 7.37. The number of benzene rings is 2. The van der Waals surface area contributed by atoms with E-state index in [0.717, 1.165) is 42.9 Å². The second-order valence-electron chi connectivity index (χ2n) is 7.37. The highest BCUT2D eigenvalue weighted by Gasteiger charge is 2.34. The van der Waals surface area contributed by atoms with Crippen LogP contribution in [0.5, 0.6) is 5.75 Å². The molecule has 0 spiro atoms. The van der Waals surface area contributed by atoms with E-state index in [-0.39, 0.29) is 11.4 Å². The second kappa shape index (κ2) is 9.60. The van der Waals surface area contributed by atoms with Gasteiger partial charge in [-0.25, -0.2) is 0 Å². The lowest BCUT2D eigenvalue weighted by Crippen LogP contribution is -2.32. The number of esters is 1. The Labute approximate surface area is 152 Å². The summed E-state index contributed by atoms with van der Waals surface area (Å²) >= 11 is 0. The zero-order chi connectivity index (χ0) is 18.1. The number of hydrogen-bond donors (Lipinski definition) is 0. The summed E-state index contributed by atoms with van der Waals surface area (Å²) < 4.78 is 5.80. The number of rotatable bonds is 10. The molecule has 0 saturated heterocycles. The first-order valence-corrected chi connectivity index (χ1v) is 9.80. The SMILES string of the molecule is CCCCCCC(C)(CCCC)C(=O)Oc1ccc2ccccc2c1. The minimum Gasteiger partial charge on any atom is -0.426 e. The molecule has 0 radical (unpaired) electrons. The molecule has 2 rings (SSSR count). The summed E-state index contributed by atoms with van der Waals surface area (Å²) in [4.78, 5) is 12.9. The van der Waals surface area contributed by atoms with E-state index in [1.165, 1.54) is 19.3 Å². The lowest BCUT2D eigenvalue weighted by Gasteiger charge is -2.27. The van der Waals surface area contributed by atoms with Crippen LogP contribution in [-0.4, -0.2) is 5.97 Å². The van der Waals surface area contributed by atoms with Crippen molar-refractivity contribution in [3.63, 3.8) is 0 Å². The van der Waals surface area contributed by atoms with Gasteiger partial charge < -0.3 is 4.74 Å². The van der Waals surface area contributed by atoms with Gasteiger partial charge in [-0.05, 0) is 42.7 Å². The fourth-order valence-corrected chi connectivity index (χ4v) is 3.30. The van der Waals surface area contributed by atoms with Crippen LogP contribution in [0.1, 0.15) is 72.1 Å². The highest BCUT2D eigenvalue weighted by atomic mass is 16.5. The van der Waals surface area contributed by atoms with Crippen LogP contribution in [0.4, 0.5) is 0 Å². The van der Waals surface area contributed by atoms with Crippen molar-refractivity contribution in [3.8, 4) is 5.75 Å². The number of fused-ring (bicyclic) bond motifs is 1. The largest absolute Gasteiger partial charge is 0.426 e. The average molecular weight is 341 g/mol. The molecular formula is C23H32O2. The number of carbonyl (C=O) groups excluding carboxylic acids is 1. The van der Waals surface area contributed by atoms with Gasteiger partial charge in [-0.2, -0.15) is 0 Å². The Bertz CT molecular complexity index is 677. The van der Waals surface area contributed by atoms with Crippen LogP contribution in [0.25, 0.3) is 10.8 Å². The van der Waals surface area contributed by atoms with Crippen LogP contribution >= 0.6 is 0 Å². The van der Waals surface area contributed by atoms with E-state index < -0.39 is 0 Å². The molecule has 2 nitrogen and oxygen atoms in total. The molecule has 0 bridgehead atoms. The van der Waals surface area contributed by atoms with Crippen molar-refractivity contribution < 1.29 is 9.53 Å². The van der Waals surface area contributed by atoms with Crippen LogP contribution in [0.15, 0.2) is 42.5 Å². The first-order chi connectivity index (χ1) is 12.1. The molecular weight excluding hydrogens is 308 g/mol. The number of hydrogen-bond acceptors (Lipinski definition) is 2. The molecule has 0 amide bonds. The van der Waals surface area contributed by atoms with Crippen LogP contribution in [0, 0.1) is 5.41 Å². The van der Waals surface area contributed by atoms with Crippen molar-refractivity contribution >= 4 is 16.7 Å². The van der Waals surface area contributed by atoms with Crippen molar-refractivity contribution in [2.24, 2.45) is 5.41 Å². The van der Waals surface area contributed by atoms with E-state index >= 15 is 0 Å². The van der Waals surface area contributed by atoms with E-state index in [9.17, 15) is 4.79 Å². The monoisotopic (exact) mass is 340 g/mol. The zero-order valence-electron chi connectivity index (χ0n) is 16.0. The fraction of sp³-hybridized carbons (Fsp3) is 0.522. The van der Waals surface area contributed by atoms with E-state index in [4.69, 9.17) is 4.74 Å². The summed E-state index contributed by atoms with van der Waals surface area (Å²) in [5.74, 6) is 0.577. The number of ether oxygens (including phenoxy) is 1. The summed E-state index contributed by atoms with van der Waals surface area (Å²) in [6.45, 7) is 6.47. The van der Waals surface area contributed by atoms with Gasteiger partial charge in [0, 0.05) is 0 Å². The van der Waals surface area contributed by atoms with Crippen molar-refractivity contribution in [1.29, 1.82) is 0 Å². The van der Waals surface area contributed by atoms with Crippen LogP contribution < -0.4 is 4.74 Å². The number of unbranched alkanes of at least 4 members (excludes halogenated alkanes) is 4. The molecule has 0 aromatic heterocycles. The van der Waals surface area contributed by atoms with Gasteiger partial charge >= 0.3 is 5.97 Å². The molecule has 2 aromatic carbocycles. The van der Waals surface area contributed by atoms with Crippen molar-refractivity contribution in [2.75, 3.05) is 0 Å². The third kappa shape index (κ3) is 5.59. The summed E-state index contributed by atoms with van der Waals surface area (Å²) in [6.07, 6.45) is 8.74. The minimum absolute atomic E-state index is 0.0762. The minimum atomic E-state index is -0.380. The molecule has 2 heteroatoms. The Morgan fingerprint density at radius 1 is 0.880 bits per heavy atom. The van der Waals surface area contributed by atoms with Crippen LogP contribution in [-0.2, 0) is 4.79 Å². The van der Waals surface area contributed by atoms with E-state index in [1.54, 1.807) is 0 Å². The maximum Gasteiger partial charge on any atom is 0.317 e. The molecule has 136 valence electrons. The van der Waals surface area contributed by atoms with Crippen molar-refractivity contribution in [2.45, 2.75) is 72.1 Å². The summed E-state index contributed by atoms with van der Waals surface area (Å²) in [6, 6.07) is 14.0. The maximum absolute atomic E-state index is 12.9. The molecule has 2 aromatic rings. The molecule has 0 saturated carbocycles. The Morgan fingerprint density at radius 3 is 2.28 bits per heavy atom. The smallest absolute Gasteiger partial charge is 0.317 e. The fourth-order valence-electron chi connectivity index (χ4n) is 3.30. The summed E-state index contributed by atoms with van der Waals surface area (Å²) in [7, 11) is 0. The molecule has 0 aliphatic carbocycles. The van der Waals surface area contributed by atoms with Gasteiger partial charge in [0.25, 0.3) is 0 Å². The first-order valence-electron chi connectivity index (χ1n) is 9.80. The molecule has 1 unspecified atom stereocenters. The highest BCUT2D eigenvalue weighted by Crippen LogP contribution is 2.33. The van der Waals surface area contributed by atoms with E-state index in [0.29, 0.717) is 5.75 Å². The average Bonchev–Trinajstić information content (AvgIpc) is 2.63. The Hall–Kier alpha value is -1.83. The third-order valence-corrected chi connectivity index (χ3v) is 5.09. The predicted molar refractivity (Wildman–Crippen MR) is 106 cm³/mol.